The summed E-state index contributed by atoms with van der Waals surface area (Å²) in [6.07, 6.45) is -6.97. The zero-order valence-corrected chi connectivity index (χ0v) is 19.8. The first-order valence-corrected chi connectivity index (χ1v) is 12.6. The van der Waals surface area contributed by atoms with Gasteiger partial charge in [-0.3, -0.25) is 4.79 Å². The van der Waals surface area contributed by atoms with E-state index >= 15 is 0 Å². The minimum Gasteiger partial charge on any atom is -0.465 e. The molecule has 0 spiro atoms. The van der Waals surface area contributed by atoms with Gasteiger partial charge >= 0.3 is 12.3 Å². The summed E-state index contributed by atoms with van der Waals surface area (Å²) in [6, 6.07) is 3.04. The number of halogens is 3. The van der Waals surface area contributed by atoms with Crippen LogP contribution in [0.1, 0.15) is 58.8 Å². The van der Waals surface area contributed by atoms with Crippen LogP contribution >= 0.6 is 0 Å². The average molecular weight is 448 g/mol. The number of amides is 1. The van der Waals surface area contributed by atoms with Gasteiger partial charge in [-0.2, -0.15) is 13.2 Å². The SMILES string of the molecule is CC(C)(C)C(=O)[C@@H](NC(=O)O)[C@H](O[Si](C)(C)C(C)(C)C)c1ccc(C(F)(F)F)cc1. The third-order valence-electron chi connectivity index (χ3n) is 5.40. The van der Waals surface area contributed by atoms with E-state index in [2.05, 4.69) is 5.32 Å². The van der Waals surface area contributed by atoms with E-state index in [1.807, 2.05) is 33.9 Å². The lowest BCUT2D eigenvalue weighted by atomic mass is 9.83. The van der Waals surface area contributed by atoms with Crippen LogP contribution in [0.5, 0.6) is 0 Å². The number of nitrogens with one attached hydrogen (secondary N) is 1. The number of hydrogen-bond acceptors (Lipinski definition) is 3. The van der Waals surface area contributed by atoms with Gasteiger partial charge in [0, 0.05) is 5.41 Å². The third kappa shape index (κ3) is 6.56. The highest BCUT2D eigenvalue weighted by molar-refractivity contribution is 6.74. The van der Waals surface area contributed by atoms with Gasteiger partial charge in [0.2, 0.25) is 0 Å². The van der Waals surface area contributed by atoms with E-state index in [0.717, 1.165) is 12.1 Å². The second kappa shape index (κ2) is 8.70. The second-order valence-electron chi connectivity index (χ2n) is 9.96. The highest BCUT2D eigenvalue weighted by Crippen LogP contribution is 2.42. The molecule has 0 saturated heterocycles. The van der Waals surface area contributed by atoms with Crippen molar-refractivity contribution < 1.29 is 32.3 Å². The first kappa shape index (κ1) is 26.2. The zero-order valence-electron chi connectivity index (χ0n) is 18.8. The molecule has 1 rings (SSSR count). The molecule has 9 heteroatoms. The van der Waals surface area contributed by atoms with E-state index in [1.165, 1.54) is 12.1 Å². The van der Waals surface area contributed by atoms with Crippen LogP contribution < -0.4 is 5.32 Å². The molecule has 0 heterocycles. The van der Waals surface area contributed by atoms with Crippen molar-refractivity contribution in [1.82, 2.24) is 5.32 Å². The van der Waals surface area contributed by atoms with Crippen molar-refractivity contribution in [3.05, 3.63) is 35.4 Å². The third-order valence-corrected chi connectivity index (χ3v) is 9.85. The fourth-order valence-electron chi connectivity index (χ4n) is 2.56. The normalized spacial score (nSPS) is 15.4. The number of carbonyl (C=O) groups excluding carboxylic acids is 1. The van der Waals surface area contributed by atoms with Crippen molar-refractivity contribution in [3.63, 3.8) is 0 Å². The van der Waals surface area contributed by atoms with E-state index in [-0.39, 0.29) is 5.04 Å². The van der Waals surface area contributed by atoms with Crippen molar-refractivity contribution in [3.8, 4) is 0 Å². The number of alkyl halides is 3. The minimum atomic E-state index is -4.51. The highest BCUT2D eigenvalue weighted by Gasteiger charge is 2.45. The summed E-state index contributed by atoms with van der Waals surface area (Å²) < 4.78 is 45.4. The van der Waals surface area contributed by atoms with Gasteiger partial charge in [-0.05, 0) is 35.8 Å². The van der Waals surface area contributed by atoms with Gasteiger partial charge in [-0.15, -0.1) is 0 Å². The molecular weight excluding hydrogens is 415 g/mol. The molecule has 2 N–H and O–H groups in total. The average Bonchev–Trinajstić information content (AvgIpc) is 2.54. The summed E-state index contributed by atoms with van der Waals surface area (Å²) in [4.78, 5) is 24.6. The first-order valence-electron chi connectivity index (χ1n) is 9.66. The molecule has 0 radical (unpaired) electrons. The number of benzene rings is 1. The molecule has 0 aliphatic rings. The zero-order chi connectivity index (χ0) is 23.7. The maximum Gasteiger partial charge on any atom is 0.416 e. The Morgan fingerprint density at radius 2 is 1.47 bits per heavy atom. The van der Waals surface area contributed by atoms with Crippen LogP contribution in [0, 0.1) is 5.41 Å². The van der Waals surface area contributed by atoms with Crippen molar-refractivity contribution in [1.29, 1.82) is 0 Å². The molecule has 1 amide bonds. The Kier molecular flexibility index (Phi) is 7.59. The van der Waals surface area contributed by atoms with Gasteiger partial charge in [-0.25, -0.2) is 4.79 Å². The highest BCUT2D eigenvalue weighted by atomic mass is 28.4. The Morgan fingerprint density at radius 1 is 1.00 bits per heavy atom. The van der Waals surface area contributed by atoms with Crippen LogP contribution in [-0.4, -0.2) is 31.3 Å². The van der Waals surface area contributed by atoms with Crippen LogP contribution in [0.25, 0.3) is 0 Å². The van der Waals surface area contributed by atoms with Gasteiger partial charge in [-0.1, -0.05) is 53.7 Å². The Labute approximate surface area is 177 Å². The molecule has 0 aliphatic heterocycles. The lowest BCUT2D eigenvalue weighted by Crippen LogP contribution is -2.53. The molecule has 0 bridgehead atoms. The molecule has 0 saturated carbocycles. The fraction of sp³-hybridized carbons (Fsp3) is 0.619. The topological polar surface area (TPSA) is 75.6 Å². The van der Waals surface area contributed by atoms with Crippen LogP contribution in [0.2, 0.25) is 18.1 Å². The Balaban J connectivity index is 3.58. The molecule has 30 heavy (non-hydrogen) atoms. The molecule has 1 aromatic carbocycles. The van der Waals surface area contributed by atoms with Crippen molar-refractivity contribution in [2.75, 3.05) is 0 Å². The summed E-state index contributed by atoms with van der Waals surface area (Å²) >= 11 is 0. The lowest BCUT2D eigenvalue weighted by Gasteiger charge is -2.42. The molecule has 0 aliphatic carbocycles. The van der Waals surface area contributed by atoms with Gasteiger partial charge in [0.15, 0.2) is 14.1 Å². The number of rotatable bonds is 6. The van der Waals surface area contributed by atoms with Crippen LogP contribution in [-0.2, 0) is 15.4 Å². The molecule has 5 nitrogen and oxygen atoms in total. The van der Waals surface area contributed by atoms with E-state index in [1.54, 1.807) is 20.8 Å². The first-order chi connectivity index (χ1) is 13.3. The van der Waals surface area contributed by atoms with Gasteiger partial charge in [0.1, 0.15) is 6.04 Å². The van der Waals surface area contributed by atoms with Crippen molar-refractivity contribution in [2.24, 2.45) is 5.41 Å². The van der Waals surface area contributed by atoms with E-state index in [9.17, 15) is 27.9 Å². The van der Waals surface area contributed by atoms with Gasteiger partial charge in [0.25, 0.3) is 0 Å². The molecule has 0 fully saturated rings. The predicted molar refractivity (Wildman–Crippen MR) is 112 cm³/mol. The number of carboxylic acid groups (broad SMARTS) is 1. The van der Waals surface area contributed by atoms with Crippen molar-refractivity contribution in [2.45, 2.75) is 78.0 Å². The Bertz CT molecular complexity index is 762. The fourth-order valence-corrected chi connectivity index (χ4v) is 3.82. The predicted octanol–water partition coefficient (Wildman–Crippen LogP) is 6.02. The van der Waals surface area contributed by atoms with Gasteiger partial charge < -0.3 is 14.8 Å². The Hall–Kier alpha value is -1.87. The lowest BCUT2D eigenvalue weighted by molar-refractivity contribution is -0.137. The van der Waals surface area contributed by atoms with E-state index in [0.29, 0.717) is 5.56 Å². The molecule has 1 aromatic rings. The second-order valence-corrected chi connectivity index (χ2v) is 14.7. The summed E-state index contributed by atoms with van der Waals surface area (Å²) in [5.41, 5.74) is -1.42. The monoisotopic (exact) mass is 447 g/mol. The molecule has 0 unspecified atom stereocenters. The van der Waals surface area contributed by atoms with E-state index in [4.69, 9.17) is 4.43 Å². The number of ketones is 1. The standard InChI is InChI=1S/C21H32F3NO4Si/c1-19(2,3)17(26)15(25-18(27)28)16(29-30(7,8)20(4,5)6)13-9-11-14(12-10-13)21(22,23)24/h9-12,15-16,25H,1-8H3,(H,27,28)/t15-,16+/m0/s1. The Morgan fingerprint density at radius 3 is 1.80 bits per heavy atom. The van der Waals surface area contributed by atoms with Crippen molar-refractivity contribution >= 4 is 20.2 Å². The van der Waals surface area contributed by atoms with Crippen LogP contribution in [0.3, 0.4) is 0 Å². The molecular formula is C21H32F3NO4Si. The number of carbonyl (C=O) groups is 2. The van der Waals surface area contributed by atoms with Crippen LogP contribution in [0.15, 0.2) is 24.3 Å². The van der Waals surface area contributed by atoms with Gasteiger partial charge in [0.05, 0.1) is 11.7 Å². The summed E-state index contributed by atoms with van der Waals surface area (Å²) in [7, 11) is -2.53. The molecule has 2 atom stereocenters. The maximum absolute atomic E-state index is 13.1. The molecule has 0 aromatic heterocycles. The van der Waals surface area contributed by atoms with E-state index < -0.39 is 49.5 Å². The number of hydrogen-bond donors (Lipinski definition) is 2. The smallest absolute Gasteiger partial charge is 0.416 e. The summed E-state index contributed by atoms with van der Waals surface area (Å²) in [6.45, 7) is 14.8. The number of Topliss-reactive ketones (excluding diaryl/α,β-unsaturated/α-hetero) is 1. The quantitative estimate of drug-likeness (QED) is 0.523. The summed E-state index contributed by atoms with van der Waals surface area (Å²) in [5, 5.41) is 11.3. The van der Waals surface area contributed by atoms with Crippen LogP contribution in [0.4, 0.5) is 18.0 Å². The molecule has 170 valence electrons. The maximum atomic E-state index is 13.1. The largest absolute Gasteiger partial charge is 0.465 e. The minimum absolute atomic E-state index is 0.268. The summed E-state index contributed by atoms with van der Waals surface area (Å²) in [5.74, 6) is -0.409.